The summed E-state index contributed by atoms with van der Waals surface area (Å²) >= 11 is 3.45. The molecule has 1 atom stereocenters. The molecule has 1 N–H and O–H groups in total. The molecule has 1 aliphatic heterocycles. The van der Waals surface area contributed by atoms with E-state index in [0.29, 0.717) is 5.75 Å². The van der Waals surface area contributed by atoms with E-state index >= 15 is 0 Å². The number of ether oxygens (including phenoxy) is 2. The van der Waals surface area contributed by atoms with Crippen molar-refractivity contribution in [2.24, 2.45) is 0 Å². The molecule has 2 rings (SSSR count). The molecule has 0 spiro atoms. The van der Waals surface area contributed by atoms with E-state index in [0.717, 1.165) is 30.6 Å². The van der Waals surface area contributed by atoms with Crippen LogP contribution in [-0.2, 0) is 11.2 Å². The van der Waals surface area contributed by atoms with Gasteiger partial charge in [-0.1, -0.05) is 6.07 Å². The summed E-state index contributed by atoms with van der Waals surface area (Å²) in [5.74, 6) is 0.697. The molecular weight excluding hydrogens is 296 g/mol. The van der Waals surface area contributed by atoms with Crippen LogP contribution in [0.15, 0.2) is 22.7 Å². The summed E-state index contributed by atoms with van der Waals surface area (Å²) in [6.45, 7) is 2.66. The first-order valence-corrected chi connectivity index (χ1v) is 6.69. The minimum Gasteiger partial charge on any atom is -0.478 e. The number of benzene rings is 1. The lowest BCUT2D eigenvalue weighted by molar-refractivity contribution is 0.0292. The molecule has 1 saturated heterocycles. The van der Waals surface area contributed by atoms with Crippen LogP contribution in [0.4, 0.5) is 0 Å². The van der Waals surface area contributed by atoms with Crippen LogP contribution in [0.2, 0.25) is 0 Å². The van der Waals surface area contributed by atoms with Gasteiger partial charge in [0, 0.05) is 13.1 Å². The second kappa shape index (κ2) is 6.74. The molecule has 1 fully saturated rings. The maximum absolute atomic E-state index is 8.48. The Morgan fingerprint density at radius 1 is 1.56 bits per heavy atom. The molecule has 0 aliphatic carbocycles. The Labute approximate surface area is 115 Å². The zero-order chi connectivity index (χ0) is 12.8. The molecule has 5 heteroatoms. The number of hydrogen-bond acceptors (Lipinski definition) is 4. The Hall–Kier alpha value is -1.09. The van der Waals surface area contributed by atoms with Crippen LogP contribution in [0.3, 0.4) is 0 Å². The minimum atomic E-state index is 0.0631. The lowest BCUT2D eigenvalue weighted by Crippen LogP contribution is -2.39. The molecule has 1 aliphatic rings. The monoisotopic (exact) mass is 310 g/mol. The highest BCUT2D eigenvalue weighted by Gasteiger charge is 2.14. The van der Waals surface area contributed by atoms with Crippen molar-refractivity contribution in [1.29, 1.82) is 5.26 Å². The zero-order valence-corrected chi connectivity index (χ0v) is 11.6. The topological polar surface area (TPSA) is 54.3 Å². The molecule has 1 aromatic carbocycles. The number of nitriles is 1. The Bertz CT molecular complexity index is 439. The van der Waals surface area contributed by atoms with Crippen molar-refractivity contribution in [2.45, 2.75) is 12.5 Å². The third kappa shape index (κ3) is 3.70. The maximum Gasteiger partial charge on any atom is 0.174 e. The molecule has 0 bridgehead atoms. The molecule has 0 radical (unpaired) electrons. The normalized spacial score (nSPS) is 19.2. The third-order valence-corrected chi connectivity index (χ3v) is 3.38. The van der Waals surface area contributed by atoms with Crippen molar-refractivity contribution in [3.05, 3.63) is 28.2 Å². The number of hydrogen-bond donors (Lipinski definition) is 1. The van der Waals surface area contributed by atoms with E-state index < -0.39 is 0 Å². The van der Waals surface area contributed by atoms with Crippen molar-refractivity contribution < 1.29 is 9.47 Å². The van der Waals surface area contributed by atoms with Gasteiger partial charge in [0.2, 0.25) is 0 Å². The Morgan fingerprint density at radius 2 is 2.44 bits per heavy atom. The number of halogens is 1. The van der Waals surface area contributed by atoms with Crippen molar-refractivity contribution in [3.63, 3.8) is 0 Å². The summed E-state index contributed by atoms with van der Waals surface area (Å²) in [7, 11) is 0. The summed E-state index contributed by atoms with van der Waals surface area (Å²) < 4.78 is 11.8. The molecule has 1 aromatic rings. The summed E-state index contributed by atoms with van der Waals surface area (Å²) in [6, 6.07) is 7.86. The highest BCUT2D eigenvalue weighted by Crippen LogP contribution is 2.26. The summed E-state index contributed by atoms with van der Waals surface area (Å²) in [5, 5.41) is 11.8. The molecule has 1 heterocycles. The molecule has 0 amide bonds. The Kier molecular flexibility index (Phi) is 5.00. The third-order valence-electron chi connectivity index (χ3n) is 2.76. The first kappa shape index (κ1) is 13.3. The van der Waals surface area contributed by atoms with Crippen LogP contribution in [0.25, 0.3) is 0 Å². The van der Waals surface area contributed by atoms with E-state index in [1.165, 1.54) is 5.56 Å². The van der Waals surface area contributed by atoms with Gasteiger partial charge in [0.15, 0.2) is 6.61 Å². The molecule has 4 nitrogen and oxygen atoms in total. The van der Waals surface area contributed by atoms with Crippen LogP contribution in [0, 0.1) is 11.3 Å². The van der Waals surface area contributed by atoms with Crippen molar-refractivity contribution in [1.82, 2.24) is 5.32 Å². The van der Waals surface area contributed by atoms with Crippen molar-refractivity contribution in [3.8, 4) is 11.8 Å². The van der Waals surface area contributed by atoms with Gasteiger partial charge in [-0.25, -0.2) is 0 Å². The maximum atomic E-state index is 8.48. The second-order valence-electron chi connectivity index (χ2n) is 4.11. The predicted molar refractivity (Wildman–Crippen MR) is 71.6 cm³/mol. The van der Waals surface area contributed by atoms with Crippen LogP contribution < -0.4 is 10.1 Å². The number of nitrogens with zero attached hydrogens (tertiary/aromatic N) is 1. The first-order valence-electron chi connectivity index (χ1n) is 5.90. The van der Waals surface area contributed by atoms with E-state index in [2.05, 4.69) is 21.2 Å². The van der Waals surface area contributed by atoms with Crippen LogP contribution in [0.1, 0.15) is 5.56 Å². The molecule has 0 unspecified atom stereocenters. The van der Waals surface area contributed by atoms with Crippen molar-refractivity contribution >= 4 is 15.9 Å². The Morgan fingerprint density at radius 3 is 3.11 bits per heavy atom. The van der Waals surface area contributed by atoms with Gasteiger partial charge < -0.3 is 14.8 Å². The highest BCUT2D eigenvalue weighted by molar-refractivity contribution is 9.10. The zero-order valence-electron chi connectivity index (χ0n) is 9.99. The summed E-state index contributed by atoms with van der Waals surface area (Å²) in [5.41, 5.74) is 1.19. The van der Waals surface area contributed by atoms with Gasteiger partial charge in [0.1, 0.15) is 11.8 Å². The fraction of sp³-hybridized carbons (Fsp3) is 0.462. The van der Waals surface area contributed by atoms with Crippen molar-refractivity contribution in [2.75, 3.05) is 26.3 Å². The van der Waals surface area contributed by atoms with E-state index in [1.807, 2.05) is 24.3 Å². The van der Waals surface area contributed by atoms with Crippen LogP contribution in [-0.4, -0.2) is 32.4 Å². The number of morpholine rings is 1. The summed E-state index contributed by atoms with van der Waals surface area (Å²) in [6.07, 6.45) is 1.11. The van der Waals surface area contributed by atoms with Crippen LogP contribution in [0.5, 0.6) is 5.75 Å². The molecule has 96 valence electrons. The SMILES string of the molecule is N#CCOc1ccc(C[C@@H]2CNCCO2)cc1Br. The van der Waals surface area contributed by atoms with Gasteiger partial charge in [0.05, 0.1) is 17.2 Å². The molecule has 0 aromatic heterocycles. The smallest absolute Gasteiger partial charge is 0.174 e. The van der Waals surface area contributed by atoms with Gasteiger partial charge in [0.25, 0.3) is 0 Å². The lowest BCUT2D eigenvalue weighted by atomic mass is 10.1. The standard InChI is InChI=1S/C13H15BrN2O2/c14-12-8-10(1-2-13(12)18-5-3-15)7-11-9-16-4-6-17-11/h1-2,8,11,16H,4-7,9H2/t11-/m1/s1. The quantitative estimate of drug-likeness (QED) is 0.922. The van der Waals surface area contributed by atoms with E-state index in [4.69, 9.17) is 14.7 Å². The van der Waals surface area contributed by atoms with E-state index in [1.54, 1.807) is 0 Å². The van der Waals surface area contributed by atoms with E-state index in [-0.39, 0.29) is 12.7 Å². The van der Waals surface area contributed by atoms with Crippen LogP contribution >= 0.6 is 15.9 Å². The lowest BCUT2D eigenvalue weighted by Gasteiger charge is -2.23. The number of rotatable bonds is 4. The predicted octanol–water partition coefficient (Wildman–Crippen LogP) is 1.88. The molecule has 18 heavy (non-hydrogen) atoms. The van der Waals surface area contributed by atoms with Gasteiger partial charge in [-0.15, -0.1) is 0 Å². The second-order valence-corrected chi connectivity index (χ2v) is 4.97. The van der Waals surface area contributed by atoms with Gasteiger partial charge >= 0.3 is 0 Å². The minimum absolute atomic E-state index is 0.0631. The van der Waals surface area contributed by atoms with Gasteiger partial charge in [-0.3, -0.25) is 0 Å². The molecular formula is C13H15BrN2O2. The highest BCUT2D eigenvalue weighted by atomic mass is 79.9. The summed E-state index contributed by atoms with van der Waals surface area (Å²) in [4.78, 5) is 0. The molecule has 0 saturated carbocycles. The average molecular weight is 311 g/mol. The van der Waals surface area contributed by atoms with Gasteiger partial charge in [-0.05, 0) is 40.0 Å². The van der Waals surface area contributed by atoms with E-state index in [9.17, 15) is 0 Å². The fourth-order valence-electron chi connectivity index (χ4n) is 1.91. The van der Waals surface area contributed by atoms with Gasteiger partial charge in [-0.2, -0.15) is 5.26 Å². The number of nitrogens with one attached hydrogen (secondary N) is 1. The average Bonchev–Trinajstić information content (AvgIpc) is 2.39. The fourth-order valence-corrected chi connectivity index (χ4v) is 2.45. The largest absolute Gasteiger partial charge is 0.478 e. The Balaban J connectivity index is 1.97. The first-order chi connectivity index (χ1) is 8.79.